The summed E-state index contributed by atoms with van der Waals surface area (Å²) < 4.78 is 27.2. The van der Waals surface area contributed by atoms with Gasteiger partial charge in [0.2, 0.25) is 5.09 Å². The summed E-state index contributed by atoms with van der Waals surface area (Å²) in [5.74, 6) is 0.546. The maximum Gasteiger partial charge on any atom is 0.271 e. The molecule has 0 radical (unpaired) electrons. The van der Waals surface area contributed by atoms with Crippen molar-refractivity contribution in [3.63, 3.8) is 0 Å². The van der Waals surface area contributed by atoms with Gasteiger partial charge in [0.25, 0.3) is 10.0 Å². The number of primary sulfonamides is 1. The fraction of sp³-hybridized carbons (Fsp3) is 0.636. The maximum atomic E-state index is 11.0. The summed E-state index contributed by atoms with van der Waals surface area (Å²) in [6.45, 7) is 0.469. The van der Waals surface area contributed by atoms with Gasteiger partial charge in [0.15, 0.2) is 0 Å². The lowest BCUT2D eigenvalue weighted by Crippen LogP contribution is -2.34. The van der Waals surface area contributed by atoms with E-state index in [9.17, 15) is 13.5 Å². The van der Waals surface area contributed by atoms with E-state index in [1.807, 2.05) is 0 Å². The van der Waals surface area contributed by atoms with Crippen molar-refractivity contribution >= 4 is 10.0 Å². The molecule has 0 bridgehead atoms. The van der Waals surface area contributed by atoms with Crippen molar-refractivity contribution in [1.29, 1.82) is 0 Å². The second-order valence-corrected chi connectivity index (χ2v) is 6.14. The lowest BCUT2D eigenvalue weighted by atomic mass is 9.93. The van der Waals surface area contributed by atoms with Gasteiger partial charge >= 0.3 is 0 Å². The van der Waals surface area contributed by atoms with Gasteiger partial charge in [0, 0.05) is 6.04 Å². The Morgan fingerprint density at radius 1 is 1.33 bits per heavy atom. The van der Waals surface area contributed by atoms with Crippen LogP contribution in [0.1, 0.15) is 31.4 Å². The Kier molecular flexibility index (Phi) is 4.06. The number of furan rings is 1. The molecule has 1 aliphatic rings. The van der Waals surface area contributed by atoms with Gasteiger partial charge in [-0.25, -0.2) is 13.6 Å². The van der Waals surface area contributed by atoms with E-state index in [1.54, 1.807) is 6.07 Å². The van der Waals surface area contributed by atoms with Gasteiger partial charge < -0.3 is 14.8 Å². The molecule has 102 valence electrons. The molecule has 1 aromatic heterocycles. The summed E-state index contributed by atoms with van der Waals surface area (Å²) in [5, 5.41) is 17.4. The molecule has 0 atom stereocenters. The molecule has 0 unspecified atom stereocenters. The Hall–Kier alpha value is -0.890. The molecule has 0 spiro atoms. The van der Waals surface area contributed by atoms with E-state index in [0.29, 0.717) is 18.3 Å². The fourth-order valence-corrected chi connectivity index (χ4v) is 2.61. The fourth-order valence-electron chi connectivity index (χ4n) is 2.13. The molecule has 0 saturated heterocycles. The van der Waals surface area contributed by atoms with E-state index in [1.165, 1.54) is 6.07 Å². The zero-order valence-corrected chi connectivity index (χ0v) is 10.8. The molecule has 7 heteroatoms. The van der Waals surface area contributed by atoms with Crippen LogP contribution in [0.4, 0.5) is 0 Å². The molecule has 0 aromatic carbocycles. The highest BCUT2D eigenvalue weighted by Gasteiger charge is 2.19. The Morgan fingerprint density at radius 3 is 2.56 bits per heavy atom. The van der Waals surface area contributed by atoms with Crippen LogP contribution in [0.15, 0.2) is 21.6 Å². The minimum Gasteiger partial charge on any atom is -0.447 e. The first-order chi connectivity index (χ1) is 8.45. The van der Waals surface area contributed by atoms with E-state index in [2.05, 4.69) is 5.32 Å². The number of aliphatic hydroxyl groups is 1. The molecule has 2 rings (SSSR count). The monoisotopic (exact) mass is 274 g/mol. The molecule has 1 aliphatic carbocycles. The Morgan fingerprint density at radius 2 is 2.00 bits per heavy atom. The minimum absolute atomic E-state index is 0.180. The molecule has 1 saturated carbocycles. The zero-order valence-electron chi connectivity index (χ0n) is 10.0. The smallest absolute Gasteiger partial charge is 0.271 e. The van der Waals surface area contributed by atoms with Crippen LogP contribution < -0.4 is 10.5 Å². The van der Waals surface area contributed by atoms with Crippen LogP contribution in [0, 0.1) is 0 Å². The van der Waals surface area contributed by atoms with Crippen molar-refractivity contribution in [1.82, 2.24) is 5.32 Å². The SMILES string of the molecule is NS(=O)(=O)c1ccc(CNC2CCC(O)CC2)o1. The molecule has 1 aromatic rings. The summed E-state index contributed by atoms with van der Waals surface area (Å²) in [7, 11) is -3.76. The molecule has 6 nitrogen and oxygen atoms in total. The third kappa shape index (κ3) is 3.55. The normalized spacial score (nSPS) is 25.2. The average Bonchev–Trinajstić information content (AvgIpc) is 2.77. The first kappa shape index (κ1) is 13.5. The summed E-state index contributed by atoms with van der Waals surface area (Å²) in [5.41, 5.74) is 0. The van der Waals surface area contributed by atoms with Gasteiger partial charge in [-0.1, -0.05) is 0 Å². The molecule has 1 heterocycles. The second-order valence-electron chi connectivity index (χ2n) is 4.65. The van der Waals surface area contributed by atoms with Crippen molar-refractivity contribution in [3.05, 3.63) is 17.9 Å². The van der Waals surface area contributed by atoms with Gasteiger partial charge in [-0.15, -0.1) is 0 Å². The Balaban J connectivity index is 1.85. The van der Waals surface area contributed by atoms with E-state index < -0.39 is 10.0 Å². The first-order valence-electron chi connectivity index (χ1n) is 5.98. The molecule has 0 aliphatic heterocycles. The van der Waals surface area contributed by atoms with Crippen molar-refractivity contribution < 1.29 is 17.9 Å². The highest BCUT2D eigenvalue weighted by molar-refractivity contribution is 7.89. The van der Waals surface area contributed by atoms with Gasteiger partial charge in [0.05, 0.1) is 12.6 Å². The van der Waals surface area contributed by atoms with Crippen LogP contribution in [0.3, 0.4) is 0 Å². The number of hydrogen-bond donors (Lipinski definition) is 3. The van der Waals surface area contributed by atoms with Crippen molar-refractivity contribution in [2.45, 2.75) is 49.5 Å². The van der Waals surface area contributed by atoms with E-state index in [4.69, 9.17) is 9.56 Å². The van der Waals surface area contributed by atoms with E-state index in [0.717, 1.165) is 25.7 Å². The molecule has 18 heavy (non-hydrogen) atoms. The highest BCUT2D eigenvalue weighted by Crippen LogP contribution is 2.19. The predicted molar refractivity (Wildman–Crippen MR) is 65.2 cm³/mol. The molecular formula is C11H18N2O4S. The largest absolute Gasteiger partial charge is 0.447 e. The van der Waals surface area contributed by atoms with E-state index in [-0.39, 0.29) is 11.2 Å². The standard InChI is InChI=1S/C11H18N2O4S/c12-18(15,16)11-6-5-10(17-11)7-13-8-1-3-9(14)4-2-8/h5-6,8-9,13-14H,1-4,7H2,(H2,12,15,16). The molecular weight excluding hydrogens is 256 g/mol. The van der Waals surface area contributed by atoms with Crippen LogP contribution >= 0.6 is 0 Å². The number of rotatable bonds is 4. The third-order valence-corrected chi connectivity index (χ3v) is 3.96. The first-order valence-corrected chi connectivity index (χ1v) is 7.53. The molecule has 0 amide bonds. The predicted octanol–water partition coefficient (Wildman–Crippen LogP) is 0.320. The van der Waals surface area contributed by atoms with Gasteiger partial charge in [0.1, 0.15) is 5.76 Å². The third-order valence-electron chi connectivity index (χ3n) is 3.18. The van der Waals surface area contributed by atoms with Crippen LogP contribution in [-0.4, -0.2) is 25.7 Å². The molecule has 1 fully saturated rings. The number of nitrogens with one attached hydrogen (secondary N) is 1. The Bertz CT molecular complexity index is 489. The van der Waals surface area contributed by atoms with Crippen LogP contribution in [0.5, 0.6) is 0 Å². The summed E-state index contributed by atoms with van der Waals surface area (Å²) in [6.07, 6.45) is 3.27. The van der Waals surface area contributed by atoms with Crippen molar-refractivity contribution in [2.24, 2.45) is 5.14 Å². The van der Waals surface area contributed by atoms with Gasteiger partial charge in [-0.3, -0.25) is 0 Å². The number of nitrogens with two attached hydrogens (primary N) is 1. The average molecular weight is 274 g/mol. The summed E-state index contributed by atoms with van der Waals surface area (Å²) >= 11 is 0. The number of sulfonamides is 1. The maximum absolute atomic E-state index is 11.0. The van der Waals surface area contributed by atoms with Crippen LogP contribution in [0.25, 0.3) is 0 Å². The number of aliphatic hydroxyl groups excluding tert-OH is 1. The van der Waals surface area contributed by atoms with Crippen LogP contribution in [-0.2, 0) is 16.6 Å². The van der Waals surface area contributed by atoms with Gasteiger partial charge in [-0.05, 0) is 37.8 Å². The minimum atomic E-state index is -3.76. The highest BCUT2D eigenvalue weighted by atomic mass is 32.2. The Labute approximate surface area is 106 Å². The zero-order chi connectivity index (χ0) is 13.2. The second kappa shape index (κ2) is 5.40. The van der Waals surface area contributed by atoms with Crippen molar-refractivity contribution in [3.8, 4) is 0 Å². The quantitative estimate of drug-likeness (QED) is 0.733. The summed E-state index contributed by atoms with van der Waals surface area (Å²) in [4.78, 5) is 0. The number of hydrogen-bond acceptors (Lipinski definition) is 5. The molecule has 4 N–H and O–H groups in total. The van der Waals surface area contributed by atoms with E-state index >= 15 is 0 Å². The van der Waals surface area contributed by atoms with Gasteiger partial charge in [-0.2, -0.15) is 0 Å². The van der Waals surface area contributed by atoms with Crippen LogP contribution in [0.2, 0.25) is 0 Å². The topological polar surface area (TPSA) is 106 Å². The lowest BCUT2D eigenvalue weighted by Gasteiger charge is -2.25. The van der Waals surface area contributed by atoms with Crippen molar-refractivity contribution in [2.75, 3.05) is 0 Å². The lowest BCUT2D eigenvalue weighted by molar-refractivity contribution is 0.116. The summed E-state index contributed by atoms with van der Waals surface area (Å²) in [6, 6.07) is 3.30.